The molecule has 1 amide bonds. The molecular formula is C13H26N2O3. The van der Waals surface area contributed by atoms with Crippen molar-refractivity contribution in [3.63, 3.8) is 0 Å². The van der Waals surface area contributed by atoms with Crippen LogP contribution in [0.3, 0.4) is 0 Å². The normalized spacial score (nSPS) is 19.3. The minimum Gasteiger partial charge on any atom is -0.444 e. The van der Waals surface area contributed by atoms with Crippen molar-refractivity contribution in [3.05, 3.63) is 0 Å². The summed E-state index contributed by atoms with van der Waals surface area (Å²) in [5.41, 5.74) is -0.433. The molecular weight excluding hydrogens is 232 g/mol. The molecule has 0 aromatic rings. The third kappa shape index (κ3) is 6.81. The van der Waals surface area contributed by atoms with Crippen LogP contribution in [0.25, 0.3) is 0 Å². The molecule has 0 bridgehead atoms. The Bertz CT molecular complexity index is 257. The molecule has 5 nitrogen and oxygen atoms in total. The zero-order valence-corrected chi connectivity index (χ0v) is 12.0. The molecule has 1 aliphatic rings. The van der Waals surface area contributed by atoms with Gasteiger partial charge in [-0.1, -0.05) is 6.92 Å². The number of carbonyl (C=O) groups is 1. The molecule has 0 spiro atoms. The van der Waals surface area contributed by atoms with E-state index in [0.717, 1.165) is 32.8 Å². The van der Waals surface area contributed by atoms with E-state index in [2.05, 4.69) is 17.1 Å². The number of nitrogens with zero attached hydrogens (tertiary/aromatic N) is 1. The molecule has 1 atom stereocenters. The quantitative estimate of drug-likeness (QED) is 0.830. The Hall–Kier alpha value is -0.810. The second-order valence-corrected chi connectivity index (χ2v) is 5.90. The number of alkyl carbamates (subject to hydrolysis) is 1. The molecule has 0 aromatic heterocycles. The molecule has 18 heavy (non-hydrogen) atoms. The maximum Gasteiger partial charge on any atom is 0.407 e. The fourth-order valence-electron chi connectivity index (χ4n) is 1.86. The third-order valence-electron chi connectivity index (χ3n) is 2.67. The molecule has 0 aliphatic carbocycles. The summed E-state index contributed by atoms with van der Waals surface area (Å²) in [6.07, 6.45) is -0.337. The summed E-state index contributed by atoms with van der Waals surface area (Å²) < 4.78 is 10.5. The molecule has 5 heteroatoms. The maximum atomic E-state index is 11.5. The Morgan fingerprint density at radius 3 is 2.56 bits per heavy atom. The van der Waals surface area contributed by atoms with E-state index in [9.17, 15) is 4.79 Å². The van der Waals surface area contributed by atoms with Crippen LogP contribution in [0.15, 0.2) is 0 Å². The van der Waals surface area contributed by atoms with Gasteiger partial charge in [0.05, 0.1) is 13.2 Å². The average molecular weight is 258 g/mol. The second-order valence-electron chi connectivity index (χ2n) is 5.90. The molecule has 0 saturated carbocycles. The lowest BCUT2D eigenvalue weighted by Crippen LogP contribution is -2.42. The van der Waals surface area contributed by atoms with Crippen LogP contribution in [0.5, 0.6) is 0 Å². The molecule has 1 fully saturated rings. The topological polar surface area (TPSA) is 50.8 Å². The predicted octanol–water partition coefficient (Wildman–Crippen LogP) is 1.48. The Kier molecular flexibility index (Phi) is 5.88. The van der Waals surface area contributed by atoms with Gasteiger partial charge in [-0.05, 0) is 26.7 Å². The van der Waals surface area contributed by atoms with E-state index in [1.807, 2.05) is 20.8 Å². The maximum absolute atomic E-state index is 11.5. The highest BCUT2D eigenvalue weighted by molar-refractivity contribution is 5.67. The van der Waals surface area contributed by atoms with Crippen LogP contribution in [0, 0.1) is 5.92 Å². The van der Waals surface area contributed by atoms with E-state index in [1.165, 1.54) is 0 Å². The largest absolute Gasteiger partial charge is 0.444 e. The van der Waals surface area contributed by atoms with Crippen LogP contribution in [-0.4, -0.2) is 56.0 Å². The molecule has 1 rings (SSSR count). The molecule has 0 radical (unpaired) electrons. The van der Waals surface area contributed by atoms with E-state index in [1.54, 1.807) is 0 Å². The van der Waals surface area contributed by atoms with Crippen LogP contribution in [0.4, 0.5) is 4.79 Å². The van der Waals surface area contributed by atoms with Gasteiger partial charge in [-0.2, -0.15) is 0 Å². The molecule has 1 saturated heterocycles. The van der Waals surface area contributed by atoms with E-state index < -0.39 is 5.60 Å². The van der Waals surface area contributed by atoms with Crippen molar-refractivity contribution in [1.29, 1.82) is 0 Å². The van der Waals surface area contributed by atoms with E-state index in [0.29, 0.717) is 12.5 Å². The summed E-state index contributed by atoms with van der Waals surface area (Å²) in [7, 11) is 0. The third-order valence-corrected chi connectivity index (χ3v) is 2.67. The lowest BCUT2D eigenvalue weighted by molar-refractivity contribution is 0.0303. The molecule has 1 heterocycles. The van der Waals surface area contributed by atoms with Crippen molar-refractivity contribution in [2.75, 3.05) is 39.4 Å². The minimum atomic E-state index is -0.433. The summed E-state index contributed by atoms with van der Waals surface area (Å²) in [6.45, 7) is 12.9. The van der Waals surface area contributed by atoms with Crippen LogP contribution >= 0.6 is 0 Å². The second kappa shape index (κ2) is 6.95. The number of carbonyl (C=O) groups excluding carboxylic acids is 1. The van der Waals surface area contributed by atoms with Crippen molar-refractivity contribution in [1.82, 2.24) is 10.2 Å². The van der Waals surface area contributed by atoms with Gasteiger partial charge in [0.15, 0.2) is 0 Å². The van der Waals surface area contributed by atoms with Gasteiger partial charge in [-0.25, -0.2) is 4.79 Å². The fraction of sp³-hybridized carbons (Fsp3) is 0.923. The highest BCUT2D eigenvalue weighted by atomic mass is 16.6. The summed E-state index contributed by atoms with van der Waals surface area (Å²) in [5.74, 6) is 0.413. The molecule has 0 aromatic carbocycles. The average Bonchev–Trinajstić information content (AvgIpc) is 2.25. The van der Waals surface area contributed by atoms with Crippen LogP contribution in [-0.2, 0) is 9.47 Å². The van der Waals surface area contributed by atoms with Gasteiger partial charge in [0, 0.05) is 26.2 Å². The molecule has 1 aliphatic heterocycles. The number of morpholine rings is 1. The monoisotopic (exact) mass is 258 g/mol. The van der Waals surface area contributed by atoms with Gasteiger partial charge < -0.3 is 14.8 Å². The first kappa shape index (κ1) is 15.2. The van der Waals surface area contributed by atoms with E-state index >= 15 is 0 Å². The summed E-state index contributed by atoms with van der Waals surface area (Å²) in [5, 5.41) is 2.81. The highest BCUT2D eigenvalue weighted by Crippen LogP contribution is 2.07. The standard InChI is InChI=1S/C13H26N2O3/c1-11(10-15-5-7-17-8-6-15)9-14-12(16)18-13(2,3)4/h11H,5-10H2,1-4H3,(H,14,16)/t11-/m0/s1. The van der Waals surface area contributed by atoms with Crippen molar-refractivity contribution in [2.24, 2.45) is 5.92 Å². The highest BCUT2D eigenvalue weighted by Gasteiger charge is 2.18. The van der Waals surface area contributed by atoms with Gasteiger partial charge in [-0.3, -0.25) is 4.90 Å². The summed E-state index contributed by atoms with van der Waals surface area (Å²) in [6, 6.07) is 0. The number of hydrogen-bond acceptors (Lipinski definition) is 4. The van der Waals surface area contributed by atoms with Crippen LogP contribution in [0.1, 0.15) is 27.7 Å². The van der Waals surface area contributed by atoms with Gasteiger partial charge in [-0.15, -0.1) is 0 Å². The lowest BCUT2D eigenvalue weighted by atomic mass is 10.1. The first-order valence-corrected chi connectivity index (χ1v) is 6.64. The van der Waals surface area contributed by atoms with Crippen molar-refractivity contribution in [3.8, 4) is 0 Å². The van der Waals surface area contributed by atoms with E-state index in [4.69, 9.17) is 9.47 Å². The van der Waals surface area contributed by atoms with Crippen molar-refractivity contribution in [2.45, 2.75) is 33.3 Å². The number of ether oxygens (including phenoxy) is 2. The van der Waals surface area contributed by atoms with Gasteiger partial charge in [0.1, 0.15) is 5.60 Å². The Morgan fingerprint density at radius 2 is 2.00 bits per heavy atom. The number of hydrogen-bond donors (Lipinski definition) is 1. The molecule has 0 unspecified atom stereocenters. The first-order valence-electron chi connectivity index (χ1n) is 6.64. The zero-order chi connectivity index (χ0) is 13.6. The van der Waals surface area contributed by atoms with Crippen LogP contribution in [0.2, 0.25) is 0 Å². The Morgan fingerprint density at radius 1 is 1.39 bits per heavy atom. The number of rotatable bonds is 4. The SMILES string of the molecule is C[C@@H](CNC(=O)OC(C)(C)C)CN1CCOCC1. The van der Waals surface area contributed by atoms with Crippen molar-refractivity contribution >= 4 is 6.09 Å². The predicted molar refractivity (Wildman–Crippen MR) is 70.7 cm³/mol. The smallest absolute Gasteiger partial charge is 0.407 e. The van der Waals surface area contributed by atoms with Crippen molar-refractivity contribution < 1.29 is 14.3 Å². The first-order chi connectivity index (χ1) is 8.37. The van der Waals surface area contributed by atoms with Crippen LogP contribution < -0.4 is 5.32 Å². The van der Waals surface area contributed by atoms with Gasteiger partial charge in [0.25, 0.3) is 0 Å². The van der Waals surface area contributed by atoms with E-state index in [-0.39, 0.29) is 6.09 Å². The lowest BCUT2D eigenvalue weighted by Gasteiger charge is -2.29. The van der Waals surface area contributed by atoms with Gasteiger partial charge in [0.2, 0.25) is 0 Å². The molecule has 1 N–H and O–H groups in total. The summed E-state index contributed by atoms with van der Waals surface area (Å²) >= 11 is 0. The Labute approximate surface area is 110 Å². The minimum absolute atomic E-state index is 0.337. The molecule has 106 valence electrons. The summed E-state index contributed by atoms with van der Waals surface area (Å²) in [4.78, 5) is 13.9. The zero-order valence-electron chi connectivity index (χ0n) is 12.0. The van der Waals surface area contributed by atoms with Gasteiger partial charge >= 0.3 is 6.09 Å². The Balaban J connectivity index is 2.16. The fourth-order valence-corrected chi connectivity index (χ4v) is 1.86. The number of amides is 1. The number of nitrogens with one attached hydrogen (secondary N) is 1.